The molecule has 0 amide bonds. The number of hydrogen-bond acceptors (Lipinski definition) is 1. The van der Waals surface area contributed by atoms with Gasteiger partial charge in [0.25, 0.3) is 0 Å². The predicted octanol–water partition coefficient (Wildman–Crippen LogP) is 1.95. The summed E-state index contributed by atoms with van der Waals surface area (Å²) >= 11 is 5.00. The van der Waals surface area contributed by atoms with Crippen molar-refractivity contribution >= 4 is 17.3 Å². The van der Waals surface area contributed by atoms with Gasteiger partial charge in [-0.05, 0) is 39.8 Å². The summed E-state index contributed by atoms with van der Waals surface area (Å²) in [6.45, 7) is -9.16. The fourth-order valence-corrected chi connectivity index (χ4v) is 1.02. The van der Waals surface area contributed by atoms with E-state index in [1.165, 1.54) is 13.8 Å². The first-order chi connectivity index (χ1) is 9.55. The summed E-state index contributed by atoms with van der Waals surface area (Å²) in [6.07, 6.45) is 0. The maximum Gasteiger partial charge on any atom is 0.171 e. The van der Waals surface area contributed by atoms with Crippen LogP contribution >= 0.6 is 12.2 Å². The summed E-state index contributed by atoms with van der Waals surface area (Å²) in [5, 5.41) is -0.493. The van der Waals surface area contributed by atoms with E-state index in [0.29, 0.717) is 9.80 Å². The molecule has 12 heavy (non-hydrogen) atoms. The second-order valence-electron chi connectivity index (χ2n) is 1.99. The summed E-state index contributed by atoms with van der Waals surface area (Å²) in [6, 6.07) is 0. The van der Waals surface area contributed by atoms with Crippen LogP contribution in [0.4, 0.5) is 0 Å². The Bertz CT molecular complexity index is 366. The van der Waals surface area contributed by atoms with E-state index in [0.717, 1.165) is 0 Å². The van der Waals surface area contributed by atoms with Crippen molar-refractivity contribution < 1.29 is 13.7 Å². The van der Waals surface area contributed by atoms with Crippen LogP contribution in [-0.4, -0.2) is 41.0 Å². The van der Waals surface area contributed by atoms with Gasteiger partial charge in [-0.25, -0.2) is 0 Å². The molecule has 0 aromatic rings. The molecule has 0 aliphatic carbocycles. The summed E-state index contributed by atoms with van der Waals surface area (Å²) in [4.78, 5) is 1.37. The highest BCUT2D eigenvalue weighted by Crippen LogP contribution is 1.98. The molecular formula is C9H20N2S. The molecule has 0 bridgehead atoms. The molecule has 0 aliphatic heterocycles. The van der Waals surface area contributed by atoms with Gasteiger partial charge in [0.15, 0.2) is 5.11 Å². The molecule has 0 unspecified atom stereocenters. The van der Waals surface area contributed by atoms with Crippen molar-refractivity contribution in [1.82, 2.24) is 9.80 Å². The van der Waals surface area contributed by atoms with Gasteiger partial charge in [0, 0.05) is 39.8 Å². The third-order valence-electron chi connectivity index (χ3n) is 1.36. The van der Waals surface area contributed by atoms with E-state index in [1.807, 2.05) is 0 Å². The fourth-order valence-electron chi connectivity index (χ4n) is 0.670. The molecule has 0 fully saturated rings. The van der Waals surface area contributed by atoms with Gasteiger partial charge in [-0.2, -0.15) is 0 Å². The van der Waals surface area contributed by atoms with Crippen LogP contribution in [0.25, 0.3) is 0 Å². The highest BCUT2D eigenvalue weighted by molar-refractivity contribution is 7.80. The Kier molecular flexibility index (Phi) is 1.62. The van der Waals surface area contributed by atoms with E-state index in [1.54, 1.807) is 0 Å². The second kappa shape index (κ2) is 6.23. The normalized spacial score (nSPS) is 26.5. The molecule has 0 radical (unpaired) electrons. The molecule has 72 valence electrons. The molecule has 0 saturated heterocycles. The minimum absolute atomic E-state index is 0.155. The minimum Gasteiger partial charge on any atom is -0.350 e. The van der Waals surface area contributed by atoms with Gasteiger partial charge < -0.3 is 9.80 Å². The summed E-state index contributed by atoms with van der Waals surface area (Å²) in [5.41, 5.74) is 0. The van der Waals surface area contributed by atoms with Crippen molar-refractivity contribution in [3.05, 3.63) is 0 Å². The van der Waals surface area contributed by atoms with Crippen molar-refractivity contribution in [2.45, 2.75) is 27.6 Å². The Balaban J connectivity index is 5.78. The Morgan fingerprint density at radius 1 is 1.25 bits per heavy atom. The lowest BCUT2D eigenvalue weighted by Gasteiger charge is -2.30. The van der Waals surface area contributed by atoms with E-state index < -0.39 is 31.8 Å². The predicted molar refractivity (Wildman–Crippen MR) is 58.4 cm³/mol. The quantitative estimate of drug-likeness (QED) is 0.638. The molecule has 2 nitrogen and oxygen atoms in total. The molecule has 0 aromatic heterocycles. The SMILES string of the molecule is [2H]C([2H])([2H])C([2H])([2H])N(CC)C(=S)N(CC)C([2H])([2H])C([2H])([2H])[2H]. The monoisotopic (exact) mass is 198 g/mol. The molecular weight excluding hydrogens is 168 g/mol. The third-order valence-corrected chi connectivity index (χ3v) is 1.80. The number of nitrogens with zero attached hydrogens (tertiary/aromatic N) is 2. The van der Waals surface area contributed by atoms with Gasteiger partial charge in [-0.15, -0.1) is 0 Å². The first-order valence-corrected chi connectivity index (χ1v) is 4.05. The highest BCUT2D eigenvalue weighted by Gasteiger charge is 2.09. The lowest BCUT2D eigenvalue weighted by atomic mass is 10.5. The van der Waals surface area contributed by atoms with Gasteiger partial charge in [0.2, 0.25) is 0 Å². The Labute approximate surface area is 95.6 Å². The van der Waals surface area contributed by atoms with Crippen LogP contribution in [0.2, 0.25) is 0 Å². The van der Waals surface area contributed by atoms with E-state index in [4.69, 9.17) is 25.9 Å². The van der Waals surface area contributed by atoms with E-state index in [2.05, 4.69) is 0 Å². The van der Waals surface area contributed by atoms with Crippen molar-refractivity contribution in [1.29, 1.82) is 0 Å². The zero-order valence-corrected chi connectivity index (χ0v) is 8.03. The van der Waals surface area contributed by atoms with Crippen LogP contribution in [0.15, 0.2) is 0 Å². The van der Waals surface area contributed by atoms with E-state index in [-0.39, 0.29) is 13.1 Å². The lowest BCUT2D eigenvalue weighted by Crippen LogP contribution is -2.42. The maximum atomic E-state index is 7.75. The first kappa shape index (κ1) is 3.12. The molecule has 0 spiro atoms. The van der Waals surface area contributed by atoms with Gasteiger partial charge >= 0.3 is 0 Å². The van der Waals surface area contributed by atoms with Crippen LogP contribution in [0.5, 0.6) is 0 Å². The van der Waals surface area contributed by atoms with Gasteiger partial charge in [-0.3, -0.25) is 0 Å². The van der Waals surface area contributed by atoms with Crippen LogP contribution in [0, 0.1) is 0 Å². The Morgan fingerprint density at radius 3 is 1.92 bits per heavy atom. The standard InChI is InChI=1S/C9H20N2S/c1-5-10(6-2)9(12)11(7-3)8-4/h5-8H2,1-4H3/i1D3,3D3,5D2,7D2. The Morgan fingerprint density at radius 2 is 1.67 bits per heavy atom. The van der Waals surface area contributed by atoms with Gasteiger partial charge in [-0.1, -0.05) is 0 Å². The highest BCUT2D eigenvalue weighted by atomic mass is 32.1. The summed E-state index contributed by atoms with van der Waals surface area (Å²) < 4.78 is 74.6. The zero-order valence-electron chi connectivity index (χ0n) is 17.2. The molecule has 0 atom stereocenters. The van der Waals surface area contributed by atoms with Gasteiger partial charge in [0.05, 0.1) is 0 Å². The fraction of sp³-hybridized carbons (Fsp3) is 0.889. The van der Waals surface area contributed by atoms with Crippen LogP contribution in [0.1, 0.15) is 41.3 Å². The lowest BCUT2D eigenvalue weighted by molar-refractivity contribution is 0.363. The smallest absolute Gasteiger partial charge is 0.171 e. The largest absolute Gasteiger partial charge is 0.350 e. The molecule has 0 N–H and O–H groups in total. The molecule has 0 aromatic carbocycles. The van der Waals surface area contributed by atoms with Crippen molar-refractivity contribution in [2.75, 3.05) is 26.1 Å². The maximum absolute atomic E-state index is 7.75. The summed E-state index contributed by atoms with van der Waals surface area (Å²) in [5.74, 6) is 0. The minimum atomic E-state index is -3.03. The first-order valence-electron chi connectivity index (χ1n) is 8.65. The zero-order chi connectivity index (χ0) is 18.1. The topological polar surface area (TPSA) is 6.48 Å². The van der Waals surface area contributed by atoms with E-state index in [9.17, 15) is 0 Å². The third kappa shape index (κ3) is 2.97. The number of thiocarbonyl (C=S) groups is 1. The van der Waals surface area contributed by atoms with Crippen LogP contribution in [-0.2, 0) is 0 Å². The van der Waals surface area contributed by atoms with Crippen molar-refractivity contribution in [2.24, 2.45) is 0 Å². The van der Waals surface area contributed by atoms with Crippen LogP contribution in [0.3, 0.4) is 0 Å². The average Bonchev–Trinajstić information content (AvgIpc) is 2.26. The number of hydrogen-bond donors (Lipinski definition) is 0. The second-order valence-corrected chi connectivity index (χ2v) is 2.36. The molecule has 0 aliphatic rings. The molecule has 0 rings (SSSR count). The molecule has 0 heterocycles. The van der Waals surface area contributed by atoms with Gasteiger partial charge in [0.1, 0.15) is 0 Å². The summed E-state index contributed by atoms with van der Waals surface area (Å²) in [7, 11) is 0. The number of rotatable bonds is 4. The molecule has 0 saturated carbocycles. The van der Waals surface area contributed by atoms with E-state index >= 15 is 0 Å². The molecule has 3 heteroatoms. The Hall–Kier alpha value is -0.310. The van der Waals surface area contributed by atoms with Crippen molar-refractivity contribution in [3.63, 3.8) is 0 Å². The average molecular weight is 198 g/mol. The van der Waals surface area contributed by atoms with Crippen molar-refractivity contribution in [3.8, 4) is 0 Å². The van der Waals surface area contributed by atoms with Crippen LogP contribution < -0.4 is 0 Å².